The fourth-order valence-electron chi connectivity index (χ4n) is 5.28. The Labute approximate surface area is 247 Å². The van der Waals surface area contributed by atoms with Crippen LogP contribution in [0.3, 0.4) is 0 Å². The number of carbonyl (C=O) groups is 1. The number of fused-ring (bicyclic) bond motifs is 1. The van der Waals surface area contributed by atoms with Crippen LogP contribution in [0.15, 0.2) is 123 Å². The van der Waals surface area contributed by atoms with Crippen molar-refractivity contribution in [2.24, 2.45) is 5.41 Å². The van der Waals surface area contributed by atoms with Crippen LogP contribution in [0.4, 0.5) is 0 Å². The summed E-state index contributed by atoms with van der Waals surface area (Å²) >= 11 is 0. The molecule has 0 unspecified atom stereocenters. The standard InChI is InChI=1S/C37H38O5/c1-24(9-6-10-25(2)14-18-32-26(3)12-8-20-37(32,4)5)11-7-13-33(39)30-21-27(15-19-34(30)40)31-23-42-35-22-28(38)16-17-29(35)36(31)41/h6-7,9-11,13-19,21-23,38,40H,8,12,20H2,1-5H3/b9-6+,13-7+,18-14+,24-11+,25-10+. The van der Waals surface area contributed by atoms with Gasteiger partial charge in [-0.25, -0.2) is 0 Å². The number of carbonyl (C=O) groups excluding carboxylic acids is 1. The monoisotopic (exact) mass is 562 g/mol. The number of hydrogen-bond donors (Lipinski definition) is 2. The van der Waals surface area contributed by atoms with Gasteiger partial charge in [-0.05, 0) is 86.9 Å². The summed E-state index contributed by atoms with van der Waals surface area (Å²) in [5.74, 6) is -0.581. The highest BCUT2D eigenvalue weighted by molar-refractivity contribution is 6.07. The van der Waals surface area contributed by atoms with Gasteiger partial charge in [-0.15, -0.1) is 0 Å². The fourth-order valence-corrected chi connectivity index (χ4v) is 5.28. The maximum atomic E-state index is 13.0. The Morgan fingerprint density at radius 1 is 0.952 bits per heavy atom. The lowest BCUT2D eigenvalue weighted by atomic mass is 9.72. The van der Waals surface area contributed by atoms with Gasteiger partial charge in [0.15, 0.2) is 11.2 Å². The molecule has 0 bridgehead atoms. The Balaban J connectivity index is 1.44. The van der Waals surface area contributed by atoms with E-state index in [1.165, 1.54) is 73.1 Å². The van der Waals surface area contributed by atoms with Crippen LogP contribution in [0.5, 0.6) is 11.5 Å². The van der Waals surface area contributed by atoms with Crippen LogP contribution in [-0.4, -0.2) is 16.0 Å². The Bertz CT molecular complexity index is 1750. The Kier molecular flexibility index (Phi) is 9.31. The zero-order chi connectivity index (χ0) is 30.4. The molecule has 0 aliphatic heterocycles. The first-order valence-corrected chi connectivity index (χ1v) is 14.2. The summed E-state index contributed by atoms with van der Waals surface area (Å²) in [5.41, 5.74) is 5.97. The zero-order valence-corrected chi connectivity index (χ0v) is 24.9. The van der Waals surface area contributed by atoms with Crippen molar-refractivity contribution in [2.75, 3.05) is 0 Å². The molecule has 2 aromatic carbocycles. The summed E-state index contributed by atoms with van der Waals surface area (Å²) in [4.78, 5) is 25.9. The molecule has 5 nitrogen and oxygen atoms in total. The van der Waals surface area contributed by atoms with Crippen LogP contribution in [-0.2, 0) is 0 Å². The third kappa shape index (κ3) is 7.16. The van der Waals surface area contributed by atoms with Gasteiger partial charge < -0.3 is 14.6 Å². The fraction of sp³-hybridized carbons (Fsp3) is 0.243. The van der Waals surface area contributed by atoms with E-state index < -0.39 is 5.78 Å². The molecule has 0 radical (unpaired) electrons. The molecule has 2 N–H and O–H groups in total. The van der Waals surface area contributed by atoms with Gasteiger partial charge >= 0.3 is 0 Å². The second kappa shape index (κ2) is 12.9. The molecule has 0 saturated carbocycles. The second-order valence-corrected chi connectivity index (χ2v) is 11.6. The molecule has 1 heterocycles. The predicted molar refractivity (Wildman–Crippen MR) is 171 cm³/mol. The minimum Gasteiger partial charge on any atom is -0.508 e. The van der Waals surface area contributed by atoms with Gasteiger partial charge in [-0.3, -0.25) is 9.59 Å². The highest BCUT2D eigenvalue weighted by Gasteiger charge is 2.26. The van der Waals surface area contributed by atoms with Gasteiger partial charge in [-0.1, -0.05) is 79.2 Å². The molecular formula is C37H38O5. The quantitative estimate of drug-likeness (QED) is 0.162. The molecule has 0 atom stereocenters. The molecular weight excluding hydrogens is 524 g/mol. The first kappa shape index (κ1) is 30.3. The van der Waals surface area contributed by atoms with Gasteiger partial charge in [0.05, 0.1) is 16.5 Å². The predicted octanol–water partition coefficient (Wildman–Crippen LogP) is 9.14. The molecule has 42 heavy (non-hydrogen) atoms. The topological polar surface area (TPSA) is 87.7 Å². The summed E-state index contributed by atoms with van der Waals surface area (Å²) in [7, 11) is 0. The Hall–Kier alpha value is -4.64. The van der Waals surface area contributed by atoms with Crippen molar-refractivity contribution in [2.45, 2.75) is 53.9 Å². The lowest BCUT2D eigenvalue weighted by Crippen LogP contribution is -2.19. The smallest absolute Gasteiger partial charge is 0.200 e. The minimum atomic E-state index is -0.395. The average molecular weight is 563 g/mol. The molecule has 5 heteroatoms. The van der Waals surface area contributed by atoms with E-state index in [1.54, 1.807) is 12.1 Å². The van der Waals surface area contributed by atoms with Crippen LogP contribution in [0.25, 0.3) is 22.1 Å². The van der Waals surface area contributed by atoms with E-state index >= 15 is 0 Å². The van der Waals surface area contributed by atoms with Crippen molar-refractivity contribution in [1.29, 1.82) is 0 Å². The summed E-state index contributed by atoms with van der Waals surface area (Å²) in [6.07, 6.45) is 20.2. The van der Waals surface area contributed by atoms with Crippen molar-refractivity contribution in [3.05, 3.63) is 129 Å². The van der Waals surface area contributed by atoms with Crippen molar-refractivity contribution in [3.63, 3.8) is 0 Å². The van der Waals surface area contributed by atoms with Crippen molar-refractivity contribution >= 4 is 16.8 Å². The van der Waals surface area contributed by atoms with Crippen LogP contribution < -0.4 is 5.43 Å². The van der Waals surface area contributed by atoms with Crippen molar-refractivity contribution in [1.82, 2.24) is 0 Å². The number of phenolic OH excluding ortho intramolecular Hbond substituents is 2. The van der Waals surface area contributed by atoms with E-state index in [0.717, 1.165) is 11.1 Å². The maximum absolute atomic E-state index is 13.0. The maximum Gasteiger partial charge on any atom is 0.200 e. The number of benzene rings is 2. The van der Waals surface area contributed by atoms with Gasteiger partial charge in [0.2, 0.25) is 0 Å². The normalized spacial score (nSPS) is 16.4. The lowest BCUT2D eigenvalue weighted by Gasteiger charge is -2.32. The van der Waals surface area contributed by atoms with E-state index in [0.29, 0.717) is 10.9 Å². The summed E-state index contributed by atoms with van der Waals surface area (Å²) in [6.45, 7) is 10.9. The number of hydrogen-bond acceptors (Lipinski definition) is 5. The van der Waals surface area contributed by atoms with E-state index in [2.05, 4.69) is 45.9 Å². The third-order valence-corrected chi connectivity index (χ3v) is 7.71. The van der Waals surface area contributed by atoms with E-state index in [4.69, 9.17) is 4.42 Å². The number of rotatable bonds is 8. The molecule has 0 amide bonds. The summed E-state index contributed by atoms with van der Waals surface area (Å²) < 4.78 is 5.54. The lowest BCUT2D eigenvalue weighted by molar-refractivity contribution is 0.104. The van der Waals surface area contributed by atoms with Gasteiger partial charge in [0.25, 0.3) is 0 Å². The summed E-state index contributed by atoms with van der Waals surface area (Å²) in [6, 6.07) is 8.69. The molecule has 216 valence electrons. The Morgan fingerprint density at radius 3 is 2.40 bits per heavy atom. The number of allylic oxidation sites excluding steroid dienone is 12. The molecule has 0 fully saturated rings. The van der Waals surface area contributed by atoms with Crippen molar-refractivity contribution in [3.8, 4) is 22.6 Å². The highest BCUT2D eigenvalue weighted by Crippen LogP contribution is 2.40. The van der Waals surface area contributed by atoms with Gasteiger partial charge in [0, 0.05) is 6.07 Å². The van der Waals surface area contributed by atoms with Crippen molar-refractivity contribution < 1.29 is 19.4 Å². The van der Waals surface area contributed by atoms with Crippen LogP contribution >= 0.6 is 0 Å². The molecule has 1 aromatic heterocycles. The van der Waals surface area contributed by atoms with Crippen LogP contribution in [0.1, 0.15) is 64.2 Å². The first-order chi connectivity index (χ1) is 20.0. The van der Waals surface area contributed by atoms with Crippen LogP contribution in [0, 0.1) is 5.41 Å². The number of ketones is 1. The number of phenols is 2. The Morgan fingerprint density at radius 2 is 1.67 bits per heavy atom. The third-order valence-electron chi connectivity index (χ3n) is 7.71. The largest absolute Gasteiger partial charge is 0.508 e. The highest BCUT2D eigenvalue weighted by atomic mass is 16.3. The second-order valence-electron chi connectivity index (χ2n) is 11.6. The van der Waals surface area contributed by atoms with Crippen LogP contribution in [0.2, 0.25) is 0 Å². The van der Waals surface area contributed by atoms with E-state index in [-0.39, 0.29) is 39.1 Å². The number of aromatic hydroxyl groups is 2. The molecule has 1 aliphatic rings. The molecule has 3 aromatic rings. The van der Waals surface area contributed by atoms with E-state index in [1.807, 2.05) is 25.2 Å². The van der Waals surface area contributed by atoms with E-state index in [9.17, 15) is 19.8 Å². The minimum absolute atomic E-state index is 0.00611. The van der Waals surface area contributed by atoms with Gasteiger partial charge in [0.1, 0.15) is 23.3 Å². The molecule has 1 aliphatic carbocycles. The molecule has 0 saturated heterocycles. The van der Waals surface area contributed by atoms with Gasteiger partial charge in [-0.2, -0.15) is 0 Å². The SMILES string of the molecule is CC1=C(/C=C/C(C)=C/C=C/C(C)=C/C=C/C(=O)c2cc(-c3coc4cc(O)ccc4c3=O)ccc2O)C(C)(C)CCC1. The molecule has 0 spiro atoms. The summed E-state index contributed by atoms with van der Waals surface area (Å²) in [5, 5.41) is 20.3. The molecule has 4 rings (SSSR count). The zero-order valence-electron chi connectivity index (χ0n) is 24.9. The average Bonchev–Trinajstić information content (AvgIpc) is 2.93. The first-order valence-electron chi connectivity index (χ1n) is 14.2.